The molecule has 2 aliphatic rings. The van der Waals surface area contributed by atoms with E-state index >= 15 is 0 Å². The Morgan fingerprint density at radius 1 is 1.18 bits per heavy atom. The Morgan fingerprint density at radius 2 is 1.96 bits per heavy atom. The van der Waals surface area contributed by atoms with Crippen LogP contribution in [0, 0.1) is 12.3 Å². The number of nitrogens with zero attached hydrogens (tertiary/aromatic N) is 5. The normalized spacial score (nSPS) is 21.1. The number of anilines is 3. The molecule has 0 bridgehead atoms. The topological polar surface area (TPSA) is 88.1 Å². The lowest BCUT2D eigenvalue weighted by Gasteiger charge is -2.37. The first-order valence-corrected chi connectivity index (χ1v) is 9.92. The fourth-order valence-corrected chi connectivity index (χ4v) is 4.01. The van der Waals surface area contributed by atoms with Crippen LogP contribution in [0.1, 0.15) is 43.3 Å². The molecule has 8 nitrogen and oxygen atoms in total. The van der Waals surface area contributed by atoms with Crippen LogP contribution in [-0.2, 0) is 11.2 Å². The molecule has 0 amide bonds. The Balaban J connectivity index is 1.63. The summed E-state index contributed by atoms with van der Waals surface area (Å²) in [5.74, 6) is 2.26. The van der Waals surface area contributed by atoms with Crippen LogP contribution in [0.25, 0.3) is 0 Å². The minimum atomic E-state index is 0.122. The predicted octanol–water partition coefficient (Wildman–Crippen LogP) is 2.58. The standard InChI is InChI=1S/C20H29N7O/c1-13-9-17(26-18(21-4)23-13)24-15-10-20(2,3)11-16-14(15)12-22-19(25-16)27-5-7-28-8-6-27/h9,12,15H,5-8,10-11H2,1-4H3,(H2,21,23,24,26)/t15-/m0/s1. The number of aromatic nitrogens is 4. The monoisotopic (exact) mass is 383 g/mol. The van der Waals surface area contributed by atoms with Crippen molar-refractivity contribution >= 4 is 17.7 Å². The van der Waals surface area contributed by atoms with Gasteiger partial charge in [-0.05, 0) is 25.2 Å². The zero-order valence-electron chi connectivity index (χ0n) is 17.1. The summed E-state index contributed by atoms with van der Waals surface area (Å²) in [6, 6.07) is 2.10. The number of hydrogen-bond donors (Lipinski definition) is 2. The maximum absolute atomic E-state index is 5.45. The number of ether oxygens (including phenoxy) is 1. The predicted molar refractivity (Wildman–Crippen MR) is 110 cm³/mol. The van der Waals surface area contributed by atoms with Crippen molar-refractivity contribution in [3.8, 4) is 0 Å². The summed E-state index contributed by atoms with van der Waals surface area (Å²) >= 11 is 0. The lowest BCUT2D eigenvalue weighted by Crippen LogP contribution is -2.38. The summed E-state index contributed by atoms with van der Waals surface area (Å²) in [6.07, 6.45) is 3.94. The highest BCUT2D eigenvalue weighted by molar-refractivity contribution is 5.46. The van der Waals surface area contributed by atoms with Crippen LogP contribution in [0.5, 0.6) is 0 Å². The van der Waals surface area contributed by atoms with E-state index in [-0.39, 0.29) is 11.5 Å². The number of morpholine rings is 1. The number of hydrogen-bond acceptors (Lipinski definition) is 8. The van der Waals surface area contributed by atoms with Gasteiger partial charge in [-0.3, -0.25) is 0 Å². The van der Waals surface area contributed by atoms with E-state index in [9.17, 15) is 0 Å². The quantitative estimate of drug-likeness (QED) is 0.833. The molecule has 1 fully saturated rings. The molecule has 4 rings (SSSR count). The molecule has 2 aromatic heterocycles. The second kappa shape index (κ2) is 7.50. The molecule has 2 N–H and O–H groups in total. The van der Waals surface area contributed by atoms with Crippen LogP contribution < -0.4 is 15.5 Å². The van der Waals surface area contributed by atoms with Crippen LogP contribution >= 0.6 is 0 Å². The largest absolute Gasteiger partial charge is 0.378 e. The minimum Gasteiger partial charge on any atom is -0.378 e. The van der Waals surface area contributed by atoms with Gasteiger partial charge in [-0.2, -0.15) is 4.98 Å². The van der Waals surface area contributed by atoms with Crippen LogP contribution in [0.15, 0.2) is 12.3 Å². The van der Waals surface area contributed by atoms with Crippen LogP contribution in [0.3, 0.4) is 0 Å². The van der Waals surface area contributed by atoms with E-state index in [1.54, 1.807) is 0 Å². The number of nitrogens with one attached hydrogen (secondary N) is 2. The van der Waals surface area contributed by atoms with Crippen molar-refractivity contribution in [1.82, 2.24) is 19.9 Å². The molecule has 1 aliphatic carbocycles. The minimum absolute atomic E-state index is 0.122. The second-order valence-electron chi connectivity index (χ2n) is 8.38. The van der Waals surface area contributed by atoms with Gasteiger partial charge in [0.25, 0.3) is 0 Å². The lowest BCUT2D eigenvalue weighted by atomic mass is 9.74. The molecule has 3 heterocycles. The Bertz CT molecular complexity index is 848. The van der Waals surface area contributed by atoms with E-state index in [4.69, 9.17) is 9.72 Å². The van der Waals surface area contributed by atoms with Crippen LogP contribution in [0.4, 0.5) is 17.7 Å². The molecule has 0 saturated carbocycles. The Hall–Kier alpha value is -2.48. The average molecular weight is 384 g/mol. The van der Waals surface area contributed by atoms with Gasteiger partial charge in [0.05, 0.1) is 24.9 Å². The van der Waals surface area contributed by atoms with Gasteiger partial charge in [-0.25, -0.2) is 15.0 Å². The van der Waals surface area contributed by atoms with Gasteiger partial charge in [0.2, 0.25) is 11.9 Å². The maximum atomic E-state index is 5.45. The van der Waals surface area contributed by atoms with Gasteiger partial charge >= 0.3 is 0 Å². The molecule has 150 valence electrons. The summed E-state index contributed by atoms with van der Waals surface area (Å²) in [4.78, 5) is 20.8. The highest BCUT2D eigenvalue weighted by Gasteiger charge is 2.34. The molecular formula is C20H29N7O. The zero-order chi connectivity index (χ0) is 19.7. The van der Waals surface area contributed by atoms with Gasteiger partial charge in [0.1, 0.15) is 5.82 Å². The first-order chi connectivity index (χ1) is 13.4. The second-order valence-corrected chi connectivity index (χ2v) is 8.38. The summed E-state index contributed by atoms with van der Waals surface area (Å²) in [5, 5.41) is 6.62. The highest BCUT2D eigenvalue weighted by Crippen LogP contribution is 2.41. The van der Waals surface area contributed by atoms with E-state index in [1.165, 1.54) is 5.56 Å². The molecule has 0 spiro atoms. The van der Waals surface area contributed by atoms with Gasteiger partial charge in [0.15, 0.2) is 0 Å². The first-order valence-electron chi connectivity index (χ1n) is 9.92. The molecule has 0 aromatic carbocycles. The van der Waals surface area contributed by atoms with Gasteiger partial charge in [-0.1, -0.05) is 13.8 Å². The fourth-order valence-electron chi connectivity index (χ4n) is 4.01. The molecule has 28 heavy (non-hydrogen) atoms. The van der Waals surface area contributed by atoms with Gasteiger partial charge in [-0.15, -0.1) is 0 Å². The van der Waals surface area contributed by atoms with Crippen LogP contribution in [0.2, 0.25) is 0 Å². The summed E-state index contributed by atoms with van der Waals surface area (Å²) in [6.45, 7) is 9.72. The number of aryl methyl sites for hydroxylation is 1. The molecular weight excluding hydrogens is 354 g/mol. The highest BCUT2D eigenvalue weighted by atomic mass is 16.5. The van der Waals surface area contributed by atoms with Crippen molar-refractivity contribution in [1.29, 1.82) is 0 Å². The molecule has 1 aliphatic heterocycles. The fraction of sp³-hybridized carbons (Fsp3) is 0.600. The molecule has 1 saturated heterocycles. The third-order valence-electron chi connectivity index (χ3n) is 5.36. The maximum Gasteiger partial charge on any atom is 0.225 e. The average Bonchev–Trinajstić information content (AvgIpc) is 2.67. The lowest BCUT2D eigenvalue weighted by molar-refractivity contribution is 0.122. The van der Waals surface area contributed by atoms with Gasteiger partial charge in [0, 0.05) is 43.7 Å². The molecule has 8 heteroatoms. The smallest absolute Gasteiger partial charge is 0.225 e. The third kappa shape index (κ3) is 4.01. The molecule has 0 unspecified atom stereocenters. The van der Waals surface area contributed by atoms with Crippen molar-refractivity contribution in [2.75, 3.05) is 48.9 Å². The van der Waals surface area contributed by atoms with Crippen LogP contribution in [-0.4, -0.2) is 53.3 Å². The Morgan fingerprint density at radius 3 is 2.71 bits per heavy atom. The summed E-state index contributed by atoms with van der Waals surface area (Å²) < 4.78 is 5.45. The van der Waals surface area contributed by atoms with Crippen molar-refractivity contribution in [2.45, 2.75) is 39.7 Å². The van der Waals surface area contributed by atoms with Crippen molar-refractivity contribution in [2.24, 2.45) is 5.41 Å². The van der Waals surface area contributed by atoms with Crippen molar-refractivity contribution < 1.29 is 4.74 Å². The Kier molecular flexibility index (Phi) is 5.05. The van der Waals surface area contributed by atoms with Gasteiger partial charge < -0.3 is 20.3 Å². The molecule has 0 radical (unpaired) electrons. The van der Waals surface area contributed by atoms with E-state index in [2.05, 4.69) is 44.3 Å². The number of fused-ring (bicyclic) bond motifs is 1. The van der Waals surface area contributed by atoms with E-state index in [1.807, 2.05) is 26.2 Å². The number of rotatable bonds is 4. The van der Waals surface area contributed by atoms with E-state index in [0.717, 1.165) is 62.3 Å². The van der Waals surface area contributed by atoms with E-state index in [0.29, 0.717) is 5.95 Å². The summed E-state index contributed by atoms with van der Waals surface area (Å²) in [5.41, 5.74) is 3.37. The molecule has 1 atom stereocenters. The molecule has 2 aromatic rings. The summed E-state index contributed by atoms with van der Waals surface area (Å²) in [7, 11) is 1.83. The SMILES string of the molecule is CNc1nc(C)cc(N[C@H]2CC(C)(C)Cc3nc(N4CCOCC4)ncc32)n1. The first kappa shape index (κ1) is 18.9. The van der Waals surface area contributed by atoms with Crippen molar-refractivity contribution in [3.05, 3.63) is 29.2 Å². The zero-order valence-corrected chi connectivity index (χ0v) is 17.1. The van der Waals surface area contributed by atoms with Crippen molar-refractivity contribution in [3.63, 3.8) is 0 Å². The third-order valence-corrected chi connectivity index (χ3v) is 5.36. The van der Waals surface area contributed by atoms with E-state index < -0.39 is 0 Å². The Labute approximate surface area is 166 Å².